The number of halogens is 1. The second-order valence-electron chi connectivity index (χ2n) is 4.81. The van der Waals surface area contributed by atoms with Crippen molar-refractivity contribution in [1.29, 1.82) is 0 Å². The smallest absolute Gasteiger partial charge is 0.319 e. The summed E-state index contributed by atoms with van der Waals surface area (Å²) in [5.74, 6) is 0. The van der Waals surface area contributed by atoms with E-state index in [4.69, 9.17) is 11.6 Å². The number of benzene rings is 1. The minimum absolute atomic E-state index is 0.0893. The minimum Gasteiger partial charge on any atom is -0.396 e. The zero-order valence-corrected chi connectivity index (χ0v) is 12.3. The van der Waals surface area contributed by atoms with Crippen molar-refractivity contribution in [3.05, 3.63) is 23.2 Å². The Bertz CT molecular complexity index is 478. The summed E-state index contributed by atoms with van der Waals surface area (Å²) in [6, 6.07) is 5.13. The molecule has 3 N–H and O–H groups in total. The Morgan fingerprint density at radius 1 is 1.53 bits per heavy atom. The monoisotopic (exact) mass is 300 g/mol. The minimum atomic E-state index is -0.266. The molecule has 1 aliphatic rings. The van der Waals surface area contributed by atoms with Gasteiger partial charge in [-0.15, -0.1) is 11.8 Å². The van der Waals surface area contributed by atoms with Gasteiger partial charge >= 0.3 is 6.03 Å². The molecule has 19 heavy (non-hydrogen) atoms. The molecule has 2 rings (SSSR count). The van der Waals surface area contributed by atoms with E-state index in [1.54, 1.807) is 23.9 Å². The molecule has 2 amide bonds. The molecule has 0 saturated heterocycles. The average molecular weight is 301 g/mol. The van der Waals surface area contributed by atoms with Crippen LogP contribution in [-0.2, 0) is 0 Å². The number of hydrogen-bond acceptors (Lipinski definition) is 3. The maximum Gasteiger partial charge on any atom is 0.319 e. The fraction of sp³-hybridized carbons (Fsp3) is 0.462. The zero-order valence-electron chi connectivity index (χ0n) is 10.7. The van der Waals surface area contributed by atoms with Crippen molar-refractivity contribution in [3.63, 3.8) is 0 Å². The van der Waals surface area contributed by atoms with Crippen LogP contribution in [0.15, 0.2) is 23.1 Å². The Kier molecular flexibility index (Phi) is 4.60. The van der Waals surface area contributed by atoms with Crippen LogP contribution in [0.1, 0.15) is 12.8 Å². The van der Waals surface area contributed by atoms with Crippen LogP contribution in [0.2, 0.25) is 5.02 Å². The van der Waals surface area contributed by atoms with Gasteiger partial charge < -0.3 is 15.7 Å². The Hall–Kier alpha value is -0.910. The largest absolute Gasteiger partial charge is 0.396 e. The highest BCUT2D eigenvalue weighted by molar-refractivity contribution is 7.98. The molecule has 0 spiro atoms. The molecule has 0 aliphatic heterocycles. The van der Waals surface area contributed by atoms with E-state index in [1.807, 2.05) is 12.3 Å². The van der Waals surface area contributed by atoms with E-state index in [0.29, 0.717) is 17.3 Å². The number of anilines is 1. The molecule has 0 atom stereocenters. The third-order valence-corrected chi connectivity index (χ3v) is 4.36. The van der Waals surface area contributed by atoms with Gasteiger partial charge in [0.1, 0.15) is 0 Å². The number of aliphatic hydroxyl groups excluding tert-OH is 1. The molecule has 0 unspecified atom stereocenters. The summed E-state index contributed by atoms with van der Waals surface area (Å²) < 4.78 is 0. The van der Waals surface area contributed by atoms with Gasteiger partial charge in [0.25, 0.3) is 0 Å². The first-order valence-corrected chi connectivity index (χ1v) is 7.68. The van der Waals surface area contributed by atoms with Crippen LogP contribution in [0.3, 0.4) is 0 Å². The summed E-state index contributed by atoms with van der Waals surface area (Å²) in [6.45, 7) is 0.630. The normalized spacial score (nSPS) is 15.9. The summed E-state index contributed by atoms with van der Waals surface area (Å²) in [5.41, 5.74) is 0.611. The van der Waals surface area contributed by atoms with E-state index in [1.165, 1.54) is 0 Å². The van der Waals surface area contributed by atoms with Crippen LogP contribution < -0.4 is 10.6 Å². The van der Waals surface area contributed by atoms with E-state index in [-0.39, 0.29) is 18.1 Å². The van der Waals surface area contributed by atoms with Gasteiger partial charge in [-0.25, -0.2) is 4.79 Å². The number of urea groups is 1. The number of carbonyl (C=O) groups is 1. The highest BCUT2D eigenvalue weighted by Crippen LogP contribution is 2.44. The fourth-order valence-electron chi connectivity index (χ4n) is 1.78. The topological polar surface area (TPSA) is 61.4 Å². The van der Waals surface area contributed by atoms with Gasteiger partial charge in [-0.1, -0.05) is 11.6 Å². The van der Waals surface area contributed by atoms with Crippen molar-refractivity contribution in [2.45, 2.75) is 17.7 Å². The molecule has 0 aromatic heterocycles. The number of nitrogens with one attached hydrogen (secondary N) is 2. The molecular formula is C13H17ClN2O2S. The van der Waals surface area contributed by atoms with Gasteiger partial charge in [0, 0.05) is 21.9 Å². The number of amides is 2. The predicted octanol–water partition coefficient (Wildman–Crippen LogP) is 2.96. The molecule has 6 heteroatoms. The van der Waals surface area contributed by atoms with Gasteiger partial charge in [0.2, 0.25) is 0 Å². The second kappa shape index (κ2) is 6.03. The van der Waals surface area contributed by atoms with Gasteiger partial charge in [-0.3, -0.25) is 0 Å². The van der Waals surface area contributed by atoms with Crippen LogP contribution in [-0.4, -0.2) is 30.5 Å². The maximum atomic E-state index is 11.8. The lowest BCUT2D eigenvalue weighted by Gasteiger charge is -2.14. The first-order valence-electron chi connectivity index (χ1n) is 6.08. The molecule has 0 bridgehead atoms. The molecule has 1 aliphatic carbocycles. The van der Waals surface area contributed by atoms with Crippen molar-refractivity contribution in [3.8, 4) is 0 Å². The van der Waals surface area contributed by atoms with Crippen molar-refractivity contribution < 1.29 is 9.90 Å². The van der Waals surface area contributed by atoms with Gasteiger partial charge in [-0.05, 0) is 37.3 Å². The quantitative estimate of drug-likeness (QED) is 0.733. The molecule has 0 heterocycles. The van der Waals surface area contributed by atoms with Gasteiger partial charge in [0.05, 0.1) is 12.3 Å². The van der Waals surface area contributed by atoms with E-state index >= 15 is 0 Å². The fourth-order valence-corrected chi connectivity index (χ4v) is 2.49. The third kappa shape index (κ3) is 3.78. The maximum absolute atomic E-state index is 11.8. The number of rotatable bonds is 5. The van der Waals surface area contributed by atoms with E-state index < -0.39 is 0 Å². The summed E-state index contributed by atoms with van der Waals surface area (Å²) in [4.78, 5) is 12.8. The molecular weight excluding hydrogens is 284 g/mol. The van der Waals surface area contributed by atoms with Crippen LogP contribution in [0.5, 0.6) is 0 Å². The molecule has 1 fully saturated rings. The highest BCUT2D eigenvalue weighted by Gasteiger charge is 2.42. The standard InChI is InChI=1S/C13H17ClN2O2S/c1-19-11-3-2-9(14)6-10(11)16-12(18)15-7-13(8-17)4-5-13/h2-3,6,17H,4-5,7-8H2,1H3,(H2,15,16,18). The number of carbonyl (C=O) groups excluding carboxylic acids is 1. The van der Waals surface area contributed by atoms with Crippen molar-refractivity contribution in [2.24, 2.45) is 5.41 Å². The summed E-state index contributed by atoms with van der Waals surface area (Å²) in [5, 5.41) is 15.4. The Balaban J connectivity index is 1.93. The second-order valence-corrected chi connectivity index (χ2v) is 6.09. The average Bonchev–Trinajstić information content (AvgIpc) is 3.17. The van der Waals surface area contributed by atoms with Crippen LogP contribution in [0.25, 0.3) is 0 Å². The van der Waals surface area contributed by atoms with E-state index in [0.717, 1.165) is 17.7 Å². The van der Waals surface area contributed by atoms with Crippen molar-refractivity contribution in [1.82, 2.24) is 5.32 Å². The van der Waals surface area contributed by atoms with Gasteiger partial charge in [0.15, 0.2) is 0 Å². The van der Waals surface area contributed by atoms with Gasteiger partial charge in [-0.2, -0.15) is 0 Å². The van der Waals surface area contributed by atoms with Crippen LogP contribution in [0, 0.1) is 5.41 Å². The lowest BCUT2D eigenvalue weighted by atomic mass is 10.1. The first kappa shape index (κ1) is 14.5. The van der Waals surface area contributed by atoms with Crippen molar-refractivity contribution >= 4 is 35.1 Å². The lowest BCUT2D eigenvalue weighted by Crippen LogP contribution is -2.35. The predicted molar refractivity (Wildman–Crippen MR) is 79.0 cm³/mol. The summed E-state index contributed by atoms with van der Waals surface area (Å²) in [6.07, 6.45) is 3.88. The summed E-state index contributed by atoms with van der Waals surface area (Å²) >= 11 is 7.47. The molecule has 4 nitrogen and oxygen atoms in total. The SMILES string of the molecule is CSc1ccc(Cl)cc1NC(=O)NCC1(CO)CC1. The van der Waals surface area contributed by atoms with E-state index in [2.05, 4.69) is 10.6 Å². The van der Waals surface area contributed by atoms with Crippen molar-refractivity contribution in [2.75, 3.05) is 24.7 Å². The number of thioether (sulfide) groups is 1. The molecule has 0 radical (unpaired) electrons. The Morgan fingerprint density at radius 3 is 2.84 bits per heavy atom. The number of aliphatic hydroxyl groups is 1. The Labute approximate surface area is 121 Å². The number of hydrogen-bond donors (Lipinski definition) is 3. The lowest BCUT2D eigenvalue weighted by molar-refractivity contribution is 0.206. The highest BCUT2D eigenvalue weighted by atomic mass is 35.5. The third-order valence-electron chi connectivity index (χ3n) is 3.33. The Morgan fingerprint density at radius 2 is 2.26 bits per heavy atom. The van der Waals surface area contributed by atoms with E-state index in [9.17, 15) is 9.90 Å². The molecule has 1 aromatic carbocycles. The summed E-state index contributed by atoms with van der Waals surface area (Å²) in [7, 11) is 0. The molecule has 104 valence electrons. The molecule has 1 aromatic rings. The zero-order chi connectivity index (χ0) is 13.9. The first-order chi connectivity index (χ1) is 9.08. The van der Waals surface area contributed by atoms with Crippen LogP contribution in [0.4, 0.5) is 10.5 Å². The van der Waals surface area contributed by atoms with Crippen LogP contribution >= 0.6 is 23.4 Å². The molecule has 1 saturated carbocycles.